The lowest BCUT2D eigenvalue weighted by Crippen LogP contribution is -2.85. The van der Waals surface area contributed by atoms with Gasteiger partial charge in [0.1, 0.15) is 18.5 Å². The smallest absolute Gasteiger partial charge is 0.303 e. The third-order valence-electron chi connectivity index (χ3n) is 11.9. The Hall–Kier alpha value is -0.810. The van der Waals surface area contributed by atoms with Crippen molar-refractivity contribution in [2.45, 2.75) is 93.7 Å². The molecule has 9 nitrogen and oxygen atoms in total. The van der Waals surface area contributed by atoms with E-state index in [0.717, 1.165) is 25.9 Å². The Bertz CT molecular complexity index is 964. The average Bonchev–Trinajstić information content (AvgIpc) is 3.34. The third-order valence-corrected chi connectivity index (χ3v) is 11.9. The molecule has 0 aromatic heterocycles. The van der Waals surface area contributed by atoms with Crippen molar-refractivity contribution in [1.82, 2.24) is 4.90 Å². The van der Waals surface area contributed by atoms with Crippen LogP contribution in [0, 0.1) is 28.6 Å². The molecule has 2 aliphatic heterocycles. The van der Waals surface area contributed by atoms with E-state index in [4.69, 9.17) is 23.7 Å². The van der Waals surface area contributed by atoms with E-state index < -0.39 is 40.3 Å². The van der Waals surface area contributed by atoms with Crippen LogP contribution in [0.5, 0.6) is 0 Å². The number of carbonyl (C=O) groups excluding carboxylic acids is 1. The number of esters is 1. The van der Waals surface area contributed by atoms with Gasteiger partial charge in [0.2, 0.25) is 0 Å². The maximum Gasteiger partial charge on any atom is 0.303 e. The van der Waals surface area contributed by atoms with Crippen LogP contribution in [0.4, 0.5) is 0 Å². The molecular weight excluding hydrogens is 454 g/mol. The summed E-state index contributed by atoms with van der Waals surface area (Å²) in [7, 11) is 3.39. The Morgan fingerprint density at radius 1 is 1.17 bits per heavy atom. The number of hydrogen-bond donors (Lipinski definition) is 2. The highest BCUT2D eigenvalue weighted by Crippen LogP contribution is 2.83. The second kappa shape index (κ2) is 6.79. The summed E-state index contributed by atoms with van der Waals surface area (Å²) in [6.45, 7) is 7.50. The van der Waals surface area contributed by atoms with Gasteiger partial charge in [-0.15, -0.1) is 0 Å². The van der Waals surface area contributed by atoms with Crippen LogP contribution in [0.15, 0.2) is 0 Å². The summed E-state index contributed by atoms with van der Waals surface area (Å²) in [6, 6.07) is -0.280. The number of ether oxygens (including phenoxy) is 5. The lowest BCUT2D eigenvalue weighted by molar-refractivity contribution is -0.331. The molecule has 5 aliphatic carbocycles. The Balaban J connectivity index is 1.61. The number of carbonyl (C=O) groups is 1. The van der Waals surface area contributed by atoms with Crippen molar-refractivity contribution in [3.8, 4) is 0 Å². The zero-order valence-corrected chi connectivity index (χ0v) is 21.4. The molecule has 5 saturated carbocycles. The summed E-state index contributed by atoms with van der Waals surface area (Å²) in [5.74, 6) is -1.33. The fourth-order valence-corrected chi connectivity index (χ4v) is 11.5. The van der Waals surface area contributed by atoms with E-state index in [1.807, 2.05) is 0 Å². The minimum Gasteiger partial charge on any atom is -0.459 e. The van der Waals surface area contributed by atoms with Gasteiger partial charge >= 0.3 is 5.97 Å². The molecule has 7 fully saturated rings. The molecule has 7 aliphatic rings. The summed E-state index contributed by atoms with van der Waals surface area (Å²) in [5.41, 5.74) is -4.39. The Morgan fingerprint density at radius 3 is 2.60 bits per heavy atom. The summed E-state index contributed by atoms with van der Waals surface area (Å²) >= 11 is 0. The molecule has 7 bridgehead atoms. The van der Waals surface area contributed by atoms with Crippen LogP contribution in [0.25, 0.3) is 0 Å². The van der Waals surface area contributed by atoms with Gasteiger partial charge in [0.15, 0.2) is 5.60 Å². The maximum atomic E-state index is 13.2. The van der Waals surface area contributed by atoms with Crippen LogP contribution in [0.3, 0.4) is 0 Å². The van der Waals surface area contributed by atoms with Gasteiger partial charge in [0, 0.05) is 51.9 Å². The maximum absolute atomic E-state index is 13.2. The van der Waals surface area contributed by atoms with Gasteiger partial charge in [0.05, 0.1) is 35.4 Å². The molecule has 0 amide bonds. The second-order valence-corrected chi connectivity index (χ2v) is 12.7. The van der Waals surface area contributed by atoms with Gasteiger partial charge < -0.3 is 33.9 Å². The first-order chi connectivity index (χ1) is 16.6. The van der Waals surface area contributed by atoms with Crippen LogP contribution in [-0.2, 0) is 28.5 Å². The number of likely N-dealkylation sites (tertiary alicyclic amines) is 1. The normalized spacial score (nSPS) is 61.6. The van der Waals surface area contributed by atoms with Gasteiger partial charge in [-0.25, -0.2) is 0 Å². The quantitative estimate of drug-likeness (QED) is 0.547. The van der Waals surface area contributed by atoms with Crippen molar-refractivity contribution in [3.63, 3.8) is 0 Å². The molecule has 2 heterocycles. The topological polar surface area (TPSA) is 107 Å². The number of rotatable bonds is 4. The van der Waals surface area contributed by atoms with Crippen molar-refractivity contribution >= 4 is 5.97 Å². The Labute approximate surface area is 206 Å². The Morgan fingerprint density at radius 2 is 1.94 bits per heavy atom. The molecule has 0 aromatic carbocycles. The number of fused-ring (bicyclic) bond motifs is 1. The van der Waals surface area contributed by atoms with Crippen LogP contribution in [0.1, 0.15) is 46.5 Å². The zero-order valence-electron chi connectivity index (χ0n) is 21.4. The van der Waals surface area contributed by atoms with Gasteiger partial charge in [-0.05, 0) is 31.2 Å². The average molecular weight is 494 g/mol. The number of hydrogen-bond acceptors (Lipinski definition) is 9. The van der Waals surface area contributed by atoms with E-state index in [1.165, 1.54) is 6.92 Å². The molecule has 13 atom stereocenters. The fourth-order valence-electron chi connectivity index (χ4n) is 11.5. The SMILES string of the molecule is CCN1C[C@]2(C)CC[C@H](OC)[C@@]34C1[C@]1(OCO[C@@]15C[C@H](OC)[C@H]1C[C@]3(O)[C@@H]5[C@H]1O)[C@@H](OC(C)=O)[C@H]24. The number of piperidine rings is 1. The molecule has 0 aromatic rings. The molecule has 0 radical (unpaired) electrons. The minimum atomic E-state index is -1.29. The van der Waals surface area contributed by atoms with Crippen molar-refractivity contribution in [1.29, 1.82) is 0 Å². The largest absolute Gasteiger partial charge is 0.459 e. The number of aliphatic hydroxyl groups is 2. The molecule has 2 saturated heterocycles. The van der Waals surface area contributed by atoms with E-state index >= 15 is 0 Å². The number of methoxy groups -OCH3 is 2. The standard InChI is InChI=1S/C26H39NO8/c1-6-27-11-22(3)8-7-16(32-5)25-19(22)20(35-13(2)28)26(21(25)27)24(33-12-34-26)10-15(31-4)14-9-23(25,30)18(24)17(14)29/h14-21,29-30H,6-12H2,1-5H3/t14-,15+,16+,17+,18+,19-,20+,21?,22+,23+,24-,25-,26-/m1/s1. The van der Waals surface area contributed by atoms with Gasteiger partial charge in [-0.2, -0.15) is 0 Å². The summed E-state index contributed by atoms with van der Waals surface area (Å²) in [6.07, 6.45) is 0.601. The van der Waals surface area contributed by atoms with Gasteiger partial charge in [-0.1, -0.05) is 13.8 Å². The van der Waals surface area contributed by atoms with Gasteiger partial charge in [0.25, 0.3) is 0 Å². The first-order valence-electron chi connectivity index (χ1n) is 13.3. The van der Waals surface area contributed by atoms with Crippen molar-refractivity contribution in [3.05, 3.63) is 0 Å². The second-order valence-electron chi connectivity index (χ2n) is 12.7. The lowest BCUT2D eigenvalue weighted by atomic mass is 9.41. The highest BCUT2D eigenvalue weighted by Gasteiger charge is 2.97. The highest BCUT2D eigenvalue weighted by molar-refractivity contribution is 5.67. The molecule has 7 rings (SSSR count). The first-order valence-corrected chi connectivity index (χ1v) is 13.3. The van der Waals surface area contributed by atoms with Crippen LogP contribution >= 0.6 is 0 Å². The summed E-state index contributed by atoms with van der Waals surface area (Å²) < 4.78 is 31.9. The van der Waals surface area contributed by atoms with E-state index in [1.54, 1.807) is 14.2 Å². The highest BCUT2D eigenvalue weighted by atomic mass is 16.7. The number of nitrogens with zero attached hydrogens (tertiary/aromatic N) is 1. The minimum absolute atomic E-state index is 0.0311. The van der Waals surface area contributed by atoms with E-state index in [9.17, 15) is 15.0 Å². The van der Waals surface area contributed by atoms with Gasteiger partial charge in [-0.3, -0.25) is 9.69 Å². The fraction of sp³-hybridized carbons (Fsp3) is 0.962. The van der Waals surface area contributed by atoms with E-state index in [2.05, 4.69) is 18.7 Å². The van der Waals surface area contributed by atoms with Crippen molar-refractivity contribution in [2.75, 3.05) is 34.1 Å². The molecule has 35 heavy (non-hydrogen) atoms. The predicted octanol–water partition coefficient (Wildman–Crippen LogP) is 0.696. The lowest BCUT2D eigenvalue weighted by Gasteiger charge is -2.71. The predicted molar refractivity (Wildman–Crippen MR) is 121 cm³/mol. The summed E-state index contributed by atoms with van der Waals surface area (Å²) in [5, 5.41) is 25.0. The van der Waals surface area contributed by atoms with Crippen LogP contribution < -0.4 is 0 Å². The van der Waals surface area contributed by atoms with E-state index in [-0.39, 0.29) is 48.3 Å². The van der Waals surface area contributed by atoms with Crippen LogP contribution in [-0.4, -0.2) is 102 Å². The molecule has 1 unspecified atom stereocenters. The molecule has 3 spiro atoms. The number of aliphatic hydroxyl groups excluding tert-OH is 1. The summed E-state index contributed by atoms with van der Waals surface area (Å²) in [4.78, 5) is 15.1. The van der Waals surface area contributed by atoms with Crippen LogP contribution in [0.2, 0.25) is 0 Å². The third kappa shape index (κ3) is 2.09. The molecule has 9 heteroatoms. The van der Waals surface area contributed by atoms with Crippen molar-refractivity contribution in [2.24, 2.45) is 28.6 Å². The zero-order chi connectivity index (χ0) is 24.8. The molecular formula is C26H39NO8. The Kier molecular flexibility index (Phi) is 4.52. The van der Waals surface area contributed by atoms with Crippen molar-refractivity contribution < 1.29 is 38.7 Å². The molecule has 2 N–H and O–H groups in total. The first kappa shape index (κ1) is 23.3. The van der Waals surface area contributed by atoms with E-state index in [0.29, 0.717) is 12.8 Å². The molecule has 196 valence electrons. The monoisotopic (exact) mass is 493 g/mol. The number of likely N-dealkylation sites (N-methyl/N-ethyl adjacent to an activating group) is 1.